The van der Waals surface area contributed by atoms with Crippen LogP contribution in [0.5, 0.6) is 6.01 Å². The molecular formula is C31H39FN6O2. The minimum atomic E-state index is -0.905. The van der Waals surface area contributed by atoms with Crippen LogP contribution in [0, 0.1) is 5.92 Å². The molecule has 3 fully saturated rings. The van der Waals surface area contributed by atoms with Crippen molar-refractivity contribution < 1.29 is 13.9 Å². The molecule has 2 saturated heterocycles. The first kappa shape index (κ1) is 25.7. The topological polar surface area (TPSA) is 65.0 Å². The summed E-state index contributed by atoms with van der Waals surface area (Å²) >= 11 is 0. The van der Waals surface area contributed by atoms with E-state index < -0.39 is 11.7 Å². The highest BCUT2D eigenvalue weighted by molar-refractivity contribution is 5.90. The minimum absolute atomic E-state index is 0.0212. The third-order valence-electron chi connectivity index (χ3n) is 9.81. The van der Waals surface area contributed by atoms with E-state index in [-0.39, 0.29) is 6.04 Å². The molecular weight excluding hydrogens is 507 g/mol. The monoisotopic (exact) mass is 546 g/mol. The Balaban J connectivity index is 1.18. The molecule has 2 aliphatic carbocycles. The van der Waals surface area contributed by atoms with Crippen molar-refractivity contribution >= 4 is 17.4 Å². The molecule has 1 amide bonds. The SMILES string of the molecule is C=C(F)C(=O)N1CCN(c2nc(OC[C@@H]3CCCN3C)nc3c2CCN(c2cccc4c2C2CC2C4)C3)[C@@H](C)C1. The van der Waals surface area contributed by atoms with E-state index >= 15 is 0 Å². The van der Waals surface area contributed by atoms with Crippen molar-refractivity contribution in [3.63, 3.8) is 0 Å². The lowest BCUT2D eigenvalue weighted by Gasteiger charge is -2.42. The average molecular weight is 547 g/mol. The lowest BCUT2D eigenvalue weighted by molar-refractivity contribution is -0.129. The second kappa shape index (κ2) is 10.0. The lowest BCUT2D eigenvalue weighted by Crippen LogP contribution is -2.54. The number of likely N-dealkylation sites (tertiary alicyclic amines) is 1. The maximum Gasteiger partial charge on any atom is 0.318 e. The molecule has 40 heavy (non-hydrogen) atoms. The summed E-state index contributed by atoms with van der Waals surface area (Å²) in [5, 5.41) is 0. The highest BCUT2D eigenvalue weighted by Crippen LogP contribution is 2.59. The van der Waals surface area contributed by atoms with Gasteiger partial charge in [-0.3, -0.25) is 4.79 Å². The molecule has 2 unspecified atom stereocenters. The molecule has 212 valence electrons. The Bertz CT molecular complexity index is 1350. The average Bonchev–Trinajstić information content (AvgIpc) is 3.43. The second-order valence-corrected chi connectivity index (χ2v) is 12.4. The Morgan fingerprint density at radius 1 is 1.20 bits per heavy atom. The van der Waals surface area contributed by atoms with E-state index in [4.69, 9.17) is 14.7 Å². The number of anilines is 2. The van der Waals surface area contributed by atoms with Gasteiger partial charge >= 0.3 is 6.01 Å². The first-order valence-electron chi connectivity index (χ1n) is 14.9. The molecule has 4 heterocycles. The van der Waals surface area contributed by atoms with Crippen molar-refractivity contribution in [3.05, 3.63) is 53.0 Å². The predicted molar refractivity (Wildman–Crippen MR) is 153 cm³/mol. The Labute approximate surface area is 235 Å². The first-order valence-corrected chi connectivity index (χ1v) is 14.9. The van der Waals surface area contributed by atoms with Crippen LogP contribution in [0.2, 0.25) is 0 Å². The summed E-state index contributed by atoms with van der Waals surface area (Å²) < 4.78 is 19.9. The molecule has 5 aliphatic rings. The molecule has 9 heteroatoms. The van der Waals surface area contributed by atoms with E-state index in [9.17, 15) is 9.18 Å². The summed E-state index contributed by atoms with van der Waals surface area (Å²) in [7, 11) is 2.15. The quantitative estimate of drug-likeness (QED) is 0.512. The van der Waals surface area contributed by atoms with Crippen molar-refractivity contribution in [2.45, 2.75) is 63.6 Å². The maximum atomic E-state index is 13.6. The number of halogens is 1. The summed E-state index contributed by atoms with van der Waals surface area (Å²) in [5.74, 6) is 0.953. The minimum Gasteiger partial charge on any atom is -0.462 e. The summed E-state index contributed by atoms with van der Waals surface area (Å²) in [6.45, 7) is 10.0. The number of hydrogen-bond acceptors (Lipinski definition) is 7. The van der Waals surface area contributed by atoms with Gasteiger partial charge in [0.25, 0.3) is 5.91 Å². The number of benzene rings is 1. The Morgan fingerprint density at radius 3 is 2.85 bits per heavy atom. The highest BCUT2D eigenvalue weighted by Gasteiger charge is 2.47. The van der Waals surface area contributed by atoms with Gasteiger partial charge < -0.3 is 24.3 Å². The van der Waals surface area contributed by atoms with Crippen LogP contribution in [-0.2, 0) is 24.2 Å². The molecule has 2 aromatic rings. The standard InChI is InChI=1S/C31H39FN6O2/c1-19-16-37(30(39)20(2)32)12-13-38(19)29-24-9-11-36(27-8-4-6-21-14-22-15-25(22)28(21)27)17-26(24)33-31(34-29)40-18-23-7-5-10-35(23)3/h4,6,8,19,22-23,25H,2,5,7,9-18H2,1,3H3/t19-,22?,23-,25?/m0/s1. The maximum absolute atomic E-state index is 13.6. The number of aromatic nitrogens is 2. The zero-order valence-electron chi connectivity index (χ0n) is 23.6. The van der Waals surface area contributed by atoms with Crippen molar-refractivity contribution in [1.82, 2.24) is 19.8 Å². The zero-order valence-corrected chi connectivity index (χ0v) is 23.6. The molecule has 8 nitrogen and oxygen atoms in total. The molecule has 0 spiro atoms. The Morgan fingerprint density at radius 2 is 2.08 bits per heavy atom. The fourth-order valence-corrected chi connectivity index (χ4v) is 7.48. The molecule has 1 aromatic carbocycles. The third-order valence-corrected chi connectivity index (χ3v) is 9.81. The van der Waals surface area contributed by atoms with Gasteiger partial charge in [0, 0.05) is 49.5 Å². The summed E-state index contributed by atoms with van der Waals surface area (Å²) in [4.78, 5) is 30.9. The molecule has 0 radical (unpaired) electrons. The Hall–Kier alpha value is -3.20. The fraction of sp³-hybridized carbons (Fsp3) is 0.581. The van der Waals surface area contributed by atoms with E-state index in [0.717, 1.165) is 55.8 Å². The number of likely N-dealkylation sites (N-methyl/N-ethyl adjacent to an activating group) is 1. The number of piperazine rings is 1. The number of fused-ring (bicyclic) bond motifs is 4. The van der Waals surface area contributed by atoms with Gasteiger partial charge in [-0.25, -0.2) is 4.39 Å². The number of carbonyl (C=O) groups excluding carboxylic acids is 1. The number of rotatable bonds is 6. The Kier molecular flexibility index (Phi) is 6.45. The molecule has 3 aliphatic heterocycles. The smallest absolute Gasteiger partial charge is 0.318 e. The highest BCUT2D eigenvalue weighted by atomic mass is 19.1. The summed E-state index contributed by atoms with van der Waals surface area (Å²) in [6, 6.07) is 7.59. The largest absolute Gasteiger partial charge is 0.462 e. The molecule has 0 bridgehead atoms. The van der Waals surface area contributed by atoms with Gasteiger partial charge in [0.2, 0.25) is 0 Å². The number of amides is 1. The molecule has 0 N–H and O–H groups in total. The van der Waals surface area contributed by atoms with E-state index in [0.29, 0.717) is 38.3 Å². The van der Waals surface area contributed by atoms with Crippen LogP contribution < -0.4 is 14.5 Å². The van der Waals surface area contributed by atoms with Crippen LogP contribution in [0.25, 0.3) is 0 Å². The van der Waals surface area contributed by atoms with Crippen LogP contribution in [0.4, 0.5) is 15.9 Å². The molecule has 4 atom stereocenters. The predicted octanol–water partition coefficient (Wildman–Crippen LogP) is 3.69. The number of nitrogens with zero attached hydrogens (tertiary/aromatic N) is 6. The molecule has 1 saturated carbocycles. The second-order valence-electron chi connectivity index (χ2n) is 12.4. The van der Waals surface area contributed by atoms with Crippen LogP contribution in [0.15, 0.2) is 30.6 Å². The van der Waals surface area contributed by atoms with Gasteiger partial charge in [0.05, 0.1) is 12.2 Å². The normalized spacial score (nSPS) is 27.3. The van der Waals surface area contributed by atoms with Gasteiger partial charge in [0.1, 0.15) is 12.4 Å². The van der Waals surface area contributed by atoms with Crippen molar-refractivity contribution in [2.24, 2.45) is 5.92 Å². The van der Waals surface area contributed by atoms with Gasteiger partial charge in [-0.2, -0.15) is 9.97 Å². The van der Waals surface area contributed by atoms with Crippen LogP contribution in [0.3, 0.4) is 0 Å². The number of hydrogen-bond donors (Lipinski definition) is 0. The van der Waals surface area contributed by atoms with E-state index in [1.807, 2.05) is 0 Å². The van der Waals surface area contributed by atoms with Crippen molar-refractivity contribution in [1.29, 1.82) is 0 Å². The summed E-state index contributed by atoms with van der Waals surface area (Å²) in [5.41, 5.74) is 6.65. The van der Waals surface area contributed by atoms with Crippen LogP contribution in [0.1, 0.15) is 54.5 Å². The van der Waals surface area contributed by atoms with E-state index in [1.165, 1.54) is 36.1 Å². The number of ether oxygens (including phenoxy) is 1. The first-order chi connectivity index (χ1) is 19.4. The van der Waals surface area contributed by atoms with E-state index in [2.05, 4.69) is 53.4 Å². The lowest BCUT2D eigenvalue weighted by atomic mass is 9.99. The van der Waals surface area contributed by atoms with Crippen LogP contribution >= 0.6 is 0 Å². The summed E-state index contributed by atoms with van der Waals surface area (Å²) in [6.07, 6.45) is 5.71. The van der Waals surface area contributed by atoms with Gasteiger partial charge in [-0.15, -0.1) is 0 Å². The zero-order chi connectivity index (χ0) is 27.5. The third kappa shape index (κ3) is 4.52. The van der Waals surface area contributed by atoms with E-state index in [1.54, 1.807) is 10.5 Å². The molecule has 1 aromatic heterocycles. The van der Waals surface area contributed by atoms with Crippen molar-refractivity contribution in [2.75, 3.05) is 56.2 Å². The van der Waals surface area contributed by atoms with Gasteiger partial charge in [-0.1, -0.05) is 18.7 Å². The number of carbonyl (C=O) groups is 1. The fourth-order valence-electron chi connectivity index (χ4n) is 7.48. The van der Waals surface area contributed by atoms with Gasteiger partial charge in [-0.05, 0) is 81.6 Å². The van der Waals surface area contributed by atoms with Crippen molar-refractivity contribution in [3.8, 4) is 6.01 Å². The van der Waals surface area contributed by atoms with Crippen LogP contribution in [-0.4, -0.2) is 84.1 Å². The van der Waals surface area contributed by atoms with Gasteiger partial charge in [0.15, 0.2) is 5.83 Å². The molecule has 7 rings (SSSR count).